The third-order valence-corrected chi connectivity index (χ3v) is 4.17. The molecule has 4 nitrogen and oxygen atoms in total. The van der Waals surface area contributed by atoms with E-state index in [9.17, 15) is 9.70 Å². The lowest BCUT2D eigenvalue weighted by atomic mass is 9.86. The highest BCUT2D eigenvalue weighted by atomic mass is 16.3. The van der Waals surface area contributed by atoms with Crippen molar-refractivity contribution in [2.75, 3.05) is 13.1 Å². The molecule has 0 spiro atoms. The van der Waals surface area contributed by atoms with Gasteiger partial charge in [0, 0.05) is 6.54 Å². The summed E-state index contributed by atoms with van der Waals surface area (Å²) in [6.07, 6.45) is 3.44. The zero-order valence-corrected chi connectivity index (χ0v) is 12.8. The van der Waals surface area contributed by atoms with Crippen LogP contribution < -0.4 is 5.32 Å². The van der Waals surface area contributed by atoms with E-state index in [1.165, 1.54) is 0 Å². The molecule has 0 fully saturated rings. The van der Waals surface area contributed by atoms with E-state index in [4.69, 9.17) is 0 Å². The molecule has 0 heterocycles. The zero-order valence-electron chi connectivity index (χ0n) is 12.8. The van der Waals surface area contributed by atoms with Gasteiger partial charge in [0.15, 0.2) is 5.78 Å². The van der Waals surface area contributed by atoms with Crippen LogP contribution in [0, 0.1) is 10.8 Å². The lowest BCUT2D eigenvalue weighted by Gasteiger charge is -2.32. The fourth-order valence-corrected chi connectivity index (χ4v) is 2.50. The molecule has 0 aromatic carbocycles. The molecule has 0 aromatic rings. The van der Waals surface area contributed by atoms with Crippen molar-refractivity contribution in [2.24, 2.45) is 11.1 Å². The Hall–Kier alpha value is -1.03. The van der Waals surface area contributed by atoms with E-state index >= 15 is 0 Å². The van der Waals surface area contributed by atoms with Gasteiger partial charge in [-0.2, -0.15) is 4.91 Å². The van der Waals surface area contributed by atoms with Crippen molar-refractivity contribution in [2.45, 2.75) is 58.9 Å². The van der Waals surface area contributed by atoms with Crippen LogP contribution in [0.15, 0.2) is 17.3 Å². The Bertz CT molecular complexity index is 305. The highest BCUT2D eigenvalue weighted by Gasteiger charge is 2.34. The smallest absolute Gasteiger partial charge is 0.177 e. The van der Waals surface area contributed by atoms with E-state index < -0.39 is 5.54 Å². The average Bonchev–Trinajstić information content (AvgIpc) is 2.42. The number of nitrogens with one attached hydrogen (secondary N) is 1. The Balaban J connectivity index is 4.72. The van der Waals surface area contributed by atoms with Gasteiger partial charge in [-0.3, -0.25) is 4.79 Å². The lowest BCUT2D eigenvalue weighted by molar-refractivity contribution is -0.124. The maximum atomic E-state index is 12.1. The summed E-state index contributed by atoms with van der Waals surface area (Å²) in [5.41, 5.74) is 0.492. The third kappa shape index (κ3) is 4.86. The molecule has 0 rings (SSSR count). The van der Waals surface area contributed by atoms with Crippen molar-refractivity contribution < 1.29 is 4.79 Å². The van der Waals surface area contributed by atoms with Gasteiger partial charge in [-0.15, -0.1) is 0 Å². The van der Waals surface area contributed by atoms with Crippen LogP contribution in [0.25, 0.3) is 0 Å². The number of carbonyl (C=O) groups is 1. The minimum atomic E-state index is -0.636. The molecule has 0 amide bonds. The standard InChI is InChI=1S/C15H28N2O2/c1-6-13(7-2)12(5)10-16-15(8-3,9-4)14(18)11-17-19/h13,16H,5-11H2,1-4H3. The van der Waals surface area contributed by atoms with Crippen molar-refractivity contribution in [3.8, 4) is 0 Å². The van der Waals surface area contributed by atoms with E-state index in [1.54, 1.807) is 0 Å². The van der Waals surface area contributed by atoms with E-state index in [2.05, 4.69) is 30.9 Å². The number of nitrogens with zero attached hydrogens (tertiary/aromatic N) is 1. The van der Waals surface area contributed by atoms with E-state index in [0.29, 0.717) is 25.3 Å². The van der Waals surface area contributed by atoms with Gasteiger partial charge in [0.25, 0.3) is 0 Å². The molecule has 0 saturated heterocycles. The Morgan fingerprint density at radius 3 is 2.11 bits per heavy atom. The highest BCUT2D eigenvalue weighted by Crippen LogP contribution is 2.21. The maximum Gasteiger partial charge on any atom is 0.177 e. The molecular formula is C15H28N2O2. The van der Waals surface area contributed by atoms with Crippen LogP contribution in [-0.2, 0) is 4.79 Å². The van der Waals surface area contributed by atoms with Gasteiger partial charge in [-0.05, 0) is 31.6 Å². The first kappa shape index (κ1) is 18.0. The molecule has 19 heavy (non-hydrogen) atoms. The van der Waals surface area contributed by atoms with E-state index in [1.807, 2.05) is 13.8 Å². The Kier molecular flexibility index (Phi) is 8.48. The van der Waals surface area contributed by atoms with E-state index in [0.717, 1.165) is 18.4 Å². The third-order valence-electron chi connectivity index (χ3n) is 4.17. The van der Waals surface area contributed by atoms with Crippen LogP contribution >= 0.6 is 0 Å². The number of Topliss-reactive ketones (excluding diaryl/α,β-unsaturated/α-hetero) is 1. The second-order valence-corrected chi connectivity index (χ2v) is 5.02. The van der Waals surface area contributed by atoms with Gasteiger partial charge in [-0.25, -0.2) is 0 Å². The normalized spacial score (nSPS) is 11.6. The quantitative estimate of drug-likeness (QED) is 0.461. The number of hydrogen-bond acceptors (Lipinski definition) is 4. The highest BCUT2D eigenvalue weighted by molar-refractivity contribution is 5.90. The molecule has 0 aliphatic heterocycles. The molecule has 0 bridgehead atoms. The first-order valence-corrected chi connectivity index (χ1v) is 7.26. The maximum absolute atomic E-state index is 12.1. The lowest BCUT2D eigenvalue weighted by Crippen LogP contribution is -2.53. The molecule has 0 saturated carbocycles. The second kappa shape index (κ2) is 8.97. The van der Waals surface area contributed by atoms with Crippen molar-refractivity contribution in [3.05, 3.63) is 17.1 Å². The first-order chi connectivity index (χ1) is 9.01. The predicted molar refractivity (Wildman–Crippen MR) is 80.2 cm³/mol. The van der Waals surface area contributed by atoms with Crippen LogP contribution in [0.4, 0.5) is 0 Å². The molecule has 4 heteroatoms. The molecule has 0 aliphatic rings. The summed E-state index contributed by atoms with van der Waals surface area (Å²) >= 11 is 0. The second-order valence-electron chi connectivity index (χ2n) is 5.02. The summed E-state index contributed by atoms with van der Waals surface area (Å²) in [5, 5.41) is 6.05. The monoisotopic (exact) mass is 268 g/mol. The summed E-state index contributed by atoms with van der Waals surface area (Å²) in [6, 6.07) is 0. The fraction of sp³-hybridized carbons (Fsp3) is 0.800. The Morgan fingerprint density at radius 1 is 1.21 bits per heavy atom. The molecule has 0 aliphatic carbocycles. The molecule has 0 atom stereocenters. The fourth-order valence-electron chi connectivity index (χ4n) is 2.50. The number of carbonyl (C=O) groups excluding carboxylic acids is 1. The molecular weight excluding hydrogens is 240 g/mol. The molecule has 0 unspecified atom stereocenters. The van der Waals surface area contributed by atoms with Gasteiger partial charge in [0.05, 0.1) is 5.54 Å². The minimum Gasteiger partial charge on any atom is -0.301 e. The van der Waals surface area contributed by atoms with Crippen molar-refractivity contribution >= 4 is 5.78 Å². The van der Waals surface area contributed by atoms with Crippen molar-refractivity contribution in [1.82, 2.24) is 5.32 Å². The molecule has 110 valence electrons. The summed E-state index contributed by atoms with van der Waals surface area (Å²) in [7, 11) is 0. The van der Waals surface area contributed by atoms with E-state index in [-0.39, 0.29) is 12.3 Å². The van der Waals surface area contributed by atoms with Crippen molar-refractivity contribution in [1.29, 1.82) is 0 Å². The SMILES string of the molecule is C=C(CNC(CC)(CC)C(=O)CN=O)C(CC)CC. The summed E-state index contributed by atoms with van der Waals surface area (Å²) in [6.45, 7) is 12.7. The summed E-state index contributed by atoms with van der Waals surface area (Å²) < 4.78 is 0. The average molecular weight is 268 g/mol. The van der Waals surface area contributed by atoms with Gasteiger partial charge < -0.3 is 5.32 Å². The van der Waals surface area contributed by atoms with Gasteiger partial charge >= 0.3 is 0 Å². The Morgan fingerprint density at radius 2 is 1.74 bits per heavy atom. The zero-order chi connectivity index (χ0) is 14.9. The van der Waals surface area contributed by atoms with Crippen LogP contribution in [0.1, 0.15) is 53.4 Å². The van der Waals surface area contributed by atoms with Gasteiger partial charge in [-0.1, -0.05) is 45.0 Å². The van der Waals surface area contributed by atoms with Crippen LogP contribution in [0.5, 0.6) is 0 Å². The van der Waals surface area contributed by atoms with Crippen LogP contribution in [0.2, 0.25) is 0 Å². The molecule has 0 radical (unpaired) electrons. The number of nitroso groups, excluding NO2 is 1. The summed E-state index contributed by atoms with van der Waals surface area (Å²) in [4.78, 5) is 22.4. The predicted octanol–water partition coefficient (Wildman–Crippen LogP) is 3.46. The summed E-state index contributed by atoms with van der Waals surface area (Å²) in [5.74, 6) is 0.364. The number of rotatable bonds is 11. The first-order valence-electron chi connectivity index (χ1n) is 7.26. The van der Waals surface area contributed by atoms with Crippen LogP contribution in [0.3, 0.4) is 0 Å². The Labute approximate surface area is 117 Å². The van der Waals surface area contributed by atoms with Gasteiger partial charge in [0.2, 0.25) is 0 Å². The largest absolute Gasteiger partial charge is 0.301 e. The minimum absolute atomic E-state index is 0.121. The number of hydrogen-bond donors (Lipinski definition) is 1. The van der Waals surface area contributed by atoms with Gasteiger partial charge in [0.1, 0.15) is 6.54 Å². The van der Waals surface area contributed by atoms with Crippen molar-refractivity contribution in [3.63, 3.8) is 0 Å². The number of ketones is 1. The topological polar surface area (TPSA) is 58.5 Å². The molecule has 0 aromatic heterocycles. The molecule has 1 N–H and O–H groups in total. The van der Waals surface area contributed by atoms with Crippen LogP contribution in [-0.4, -0.2) is 24.4 Å².